The molecule has 0 aliphatic carbocycles. The molecular formula is C13H17N3O2. The summed E-state index contributed by atoms with van der Waals surface area (Å²) < 4.78 is 4.96. The van der Waals surface area contributed by atoms with Gasteiger partial charge >= 0.3 is 0 Å². The highest BCUT2D eigenvalue weighted by molar-refractivity contribution is 6.05. The number of para-hydroxylation sites is 1. The van der Waals surface area contributed by atoms with Crippen LogP contribution in [0.4, 0.5) is 0 Å². The van der Waals surface area contributed by atoms with Crippen molar-refractivity contribution < 1.29 is 9.53 Å². The molecule has 2 N–H and O–H groups in total. The summed E-state index contributed by atoms with van der Waals surface area (Å²) in [6, 6.07) is 7.59. The number of rotatable bonds is 5. The van der Waals surface area contributed by atoms with Crippen LogP contribution in [0, 0.1) is 0 Å². The Hall–Kier alpha value is -1.85. The van der Waals surface area contributed by atoms with Crippen molar-refractivity contribution in [1.82, 2.24) is 15.4 Å². The summed E-state index contributed by atoms with van der Waals surface area (Å²) in [5.74, 6) is -0.123. The molecule has 1 aromatic heterocycles. The Kier molecular flexibility index (Phi) is 3.96. The van der Waals surface area contributed by atoms with Crippen LogP contribution in [0.5, 0.6) is 0 Å². The molecule has 1 aromatic carbocycles. The maximum atomic E-state index is 12.1. The van der Waals surface area contributed by atoms with Crippen LogP contribution in [0.25, 0.3) is 10.9 Å². The first-order chi connectivity index (χ1) is 8.72. The van der Waals surface area contributed by atoms with Crippen molar-refractivity contribution in [2.24, 2.45) is 0 Å². The van der Waals surface area contributed by atoms with Gasteiger partial charge in [0.1, 0.15) is 0 Å². The Bertz CT molecular complexity index is 536. The van der Waals surface area contributed by atoms with Gasteiger partial charge in [0, 0.05) is 32.3 Å². The highest BCUT2D eigenvalue weighted by Gasteiger charge is 2.11. The van der Waals surface area contributed by atoms with Crippen LogP contribution >= 0.6 is 0 Å². The van der Waals surface area contributed by atoms with Gasteiger partial charge in [0.2, 0.25) is 0 Å². The van der Waals surface area contributed by atoms with Crippen LogP contribution in [0.3, 0.4) is 0 Å². The van der Waals surface area contributed by atoms with Crippen molar-refractivity contribution in [2.75, 3.05) is 27.3 Å². The van der Waals surface area contributed by atoms with Gasteiger partial charge in [-0.3, -0.25) is 10.2 Å². The Morgan fingerprint density at radius 3 is 3.06 bits per heavy atom. The van der Waals surface area contributed by atoms with Crippen molar-refractivity contribution in [3.8, 4) is 0 Å². The zero-order valence-corrected chi connectivity index (χ0v) is 10.6. The van der Waals surface area contributed by atoms with Gasteiger partial charge in [-0.15, -0.1) is 0 Å². The van der Waals surface area contributed by atoms with Crippen molar-refractivity contribution in [3.05, 3.63) is 36.0 Å². The van der Waals surface area contributed by atoms with Crippen LogP contribution in [0.15, 0.2) is 30.5 Å². The first kappa shape index (κ1) is 12.6. The molecule has 0 fully saturated rings. The van der Waals surface area contributed by atoms with Gasteiger partial charge in [-0.2, -0.15) is 0 Å². The highest BCUT2D eigenvalue weighted by Crippen LogP contribution is 2.16. The summed E-state index contributed by atoms with van der Waals surface area (Å²) in [5, 5.41) is 2.75. The van der Waals surface area contributed by atoms with Crippen LogP contribution in [0.2, 0.25) is 0 Å². The molecule has 0 bridgehead atoms. The molecule has 5 heteroatoms. The van der Waals surface area contributed by atoms with E-state index in [1.54, 1.807) is 18.2 Å². The third-order valence-corrected chi connectivity index (χ3v) is 2.76. The van der Waals surface area contributed by atoms with Gasteiger partial charge in [-0.25, -0.2) is 5.01 Å². The summed E-state index contributed by atoms with van der Waals surface area (Å²) >= 11 is 0. The molecule has 0 radical (unpaired) electrons. The number of hydrogen-bond acceptors (Lipinski definition) is 3. The maximum absolute atomic E-state index is 12.1. The third kappa shape index (κ3) is 2.69. The molecule has 5 nitrogen and oxygen atoms in total. The number of benzene rings is 1. The average Bonchev–Trinajstić information content (AvgIpc) is 2.84. The minimum atomic E-state index is -0.123. The molecule has 0 unspecified atom stereocenters. The molecule has 0 aliphatic rings. The lowest BCUT2D eigenvalue weighted by Gasteiger charge is -2.17. The lowest BCUT2D eigenvalue weighted by Crippen LogP contribution is -2.41. The molecule has 2 aromatic rings. The van der Waals surface area contributed by atoms with E-state index in [4.69, 9.17) is 4.74 Å². The number of aromatic nitrogens is 1. The molecule has 0 spiro atoms. The highest BCUT2D eigenvalue weighted by atomic mass is 16.5. The number of aromatic amines is 1. The Labute approximate surface area is 106 Å². The van der Waals surface area contributed by atoms with E-state index in [0.29, 0.717) is 18.7 Å². The molecule has 0 atom stereocenters. The number of ether oxygens (including phenoxy) is 1. The minimum absolute atomic E-state index is 0.123. The van der Waals surface area contributed by atoms with E-state index in [1.165, 1.54) is 0 Å². The van der Waals surface area contributed by atoms with Crippen molar-refractivity contribution in [1.29, 1.82) is 0 Å². The number of nitrogens with one attached hydrogen (secondary N) is 2. The molecule has 2 rings (SSSR count). The second-order valence-corrected chi connectivity index (χ2v) is 4.10. The lowest BCUT2D eigenvalue weighted by atomic mass is 10.1. The predicted molar refractivity (Wildman–Crippen MR) is 70.3 cm³/mol. The van der Waals surface area contributed by atoms with Gasteiger partial charge in [0.05, 0.1) is 17.7 Å². The summed E-state index contributed by atoms with van der Waals surface area (Å²) in [5.41, 5.74) is 4.30. The van der Waals surface area contributed by atoms with Crippen LogP contribution in [-0.2, 0) is 4.74 Å². The first-order valence-electron chi connectivity index (χ1n) is 5.79. The van der Waals surface area contributed by atoms with Crippen LogP contribution < -0.4 is 5.43 Å². The number of methoxy groups -OCH3 is 1. The Morgan fingerprint density at radius 2 is 2.28 bits per heavy atom. The van der Waals surface area contributed by atoms with E-state index >= 15 is 0 Å². The van der Waals surface area contributed by atoms with Crippen molar-refractivity contribution in [3.63, 3.8) is 0 Å². The van der Waals surface area contributed by atoms with Gasteiger partial charge < -0.3 is 9.72 Å². The summed E-state index contributed by atoms with van der Waals surface area (Å²) in [7, 11) is 3.45. The number of nitrogens with zero attached hydrogens (tertiary/aromatic N) is 1. The Morgan fingerprint density at radius 1 is 1.44 bits per heavy atom. The van der Waals surface area contributed by atoms with Crippen LogP contribution in [0.1, 0.15) is 10.4 Å². The predicted octanol–water partition coefficient (Wildman–Crippen LogP) is 1.39. The van der Waals surface area contributed by atoms with Crippen LogP contribution in [-0.4, -0.2) is 43.2 Å². The number of hydrazine groups is 1. The lowest BCUT2D eigenvalue weighted by molar-refractivity contribution is 0.0777. The number of H-pyrrole nitrogens is 1. The molecule has 1 amide bonds. The van der Waals surface area contributed by atoms with Gasteiger partial charge in [0.15, 0.2) is 0 Å². The quantitative estimate of drug-likeness (QED) is 0.785. The van der Waals surface area contributed by atoms with Gasteiger partial charge in [-0.1, -0.05) is 12.1 Å². The van der Waals surface area contributed by atoms with Gasteiger partial charge in [0.25, 0.3) is 5.91 Å². The summed E-state index contributed by atoms with van der Waals surface area (Å²) in [6.45, 7) is 1.21. The molecule has 0 aliphatic heterocycles. The fourth-order valence-electron chi connectivity index (χ4n) is 1.79. The zero-order valence-electron chi connectivity index (χ0n) is 10.6. The number of amides is 1. The first-order valence-corrected chi connectivity index (χ1v) is 5.79. The fraction of sp³-hybridized carbons (Fsp3) is 0.308. The van der Waals surface area contributed by atoms with Crippen molar-refractivity contribution >= 4 is 16.8 Å². The number of likely N-dealkylation sites (N-methyl/N-ethyl adjacent to an activating group) is 1. The monoisotopic (exact) mass is 247 g/mol. The van der Waals surface area contributed by atoms with E-state index in [2.05, 4.69) is 10.4 Å². The molecule has 0 saturated carbocycles. The number of fused-ring (bicyclic) bond motifs is 1. The Balaban J connectivity index is 2.11. The summed E-state index contributed by atoms with van der Waals surface area (Å²) in [6.07, 6.45) is 1.83. The summed E-state index contributed by atoms with van der Waals surface area (Å²) in [4.78, 5) is 15.2. The maximum Gasteiger partial charge on any atom is 0.267 e. The minimum Gasteiger partial charge on any atom is -0.383 e. The van der Waals surface area contributed by atoms with Gasteiger partial charge in [-0.05, 0) is 12.1 Å². The average molecular weight is 247 g/mol. The molecule has 1 heterocycles. The zero-order chi connectivity index (χ0) is 13.0. The third-order valence-electron chi connectivity index (χ3n) is 2.76. The molecule has 0 saturated heterocycles. The van der Waals surface area contributed by atoms with E-state index in [-0.39, 0.29) is 5.91 Å². The smallest absolute Gasteiger partial charge is 0.267 e. The van der Waals surface area contributed by atoms with Crippen molar-refractivity contribution in [2.45, 2.75) is 0 Å². The normalized spacial score (nSPS) is 11.1. The van der Waals surface area contributed by atoms with E-state index in [9.17, 15) is 4.79 Å². The molecule has 96 valence electrons. The SMILES string of the molecule is COCCN(C)NC(=O)c1cccc2cc[nH]c12. The molecular weight excluding hydrogens is 230 g/mol. The number of hydrogen-bond donors (Lipinski definition) is 2. The fourth-order valence-corrected chi connectivity index (χ4v) is 1.79. The van der Waals surface area contributed by atoms with E-state index < -0.39 is 0 Å². The second kappa shape index (κ2) is 5.66. The van der Waals surface area contributed by atoms with E-state index in [1.807, 2.05) is 31.4 Å². The van der Waals surface area contributed by atoms with E-state index in [0.717, 1.165) is 10.9 Å². The topological polar surface area (TPSA) is 57.4 Å². The number of carbonyl (C=O) groups excluding carboxylic acids is 1. The largest absolute Gasteiger partial charge is 0.383 e. The second-order valence-electron chi connectivity index (χ2n) is 4.10. The molecule has 18 heavy (non-hydrogen) atoms. The standard InChI is InChI=1S/C13H17N3O2/c1-16(8-9-18-2)15-13(17)11-5-3-4-10-6-7-14-12(10)11/h3-7,14H,8-9H2,1-2H3,(H,15,17). The number of carbonyl (C=O) groups is 1.